The fourth-order valence-electron chi connectivity index (χ4n) is 4.72. The summed E-state index contributed by atoms with van der Waals surface area (Å²) in [6.45, 7) is 7.24. The third-order valence-corrected chi connectivity index (χ3v) is 5.60. The van der Waals surface area contributed by atoms with E-state index in [1.165, 1.54) is 18.2 Å². The number of carbonyl (C=O) groups excluding carboxylic acids is 2. The van der Waals surface area contributed by atoms with Crippen molar-refractivity contribution in [2.45, 2.75) is 46.1 Å². The molecule has 1 saturated heterocycles. The van der Waals surface area contributed by atoms with Crippen LogP contribution in [0.1, 0.15) is 50.4 Å². The van der Waals surface area contributed by atoms with Crippen molar-refractivity contribution in [1.82, 2.24) is 4.90 Å². The van der Waals surface area contributed by atoms with Crippen LogP contribution >= 0.6 is 23.2 Å². The van der Waals surface area contributed by atoms with Gasteiger partial charge in [0.15, 0.2) is 6.61 Å². The Kier molecular flexibility index (Phi) is 4.80. The maximum Gasteiger partial charge on any atom is 0.338 e. The molecule has 2 bridgehead atoms. The summed E-state index contributed by atoms with van der Waals surface area (Å²) in [7, 11) is 0. The summed E-state index contributed by atoms with van der Waals surface area (Å²) in [4.78, 5) is 26.7. The number of benzene rings is 1. The first-order valence-electron chi connectivity index (χ1n) is 8.50. The van der Waals surface area contributed by atoms with Crippen LogP contribution in [0.3, 0.4) is 0 Å². The number of hydrogen-bond acceptors (Lipinski definition) is 3. The summed E-state index contributed by atoms with van der Waals surface area (Å²) in [5, 5.41) is 0.712. The van der Waals surface area contributed by atoms with Gasteiger partial charge in [0.05, 0.1) is 5.56 Å². The van der Waals surface area contributed by atoms with Gasteiger partial charge in [-0.2, -0.15) is 0 Å². The predicted molar refractivity (Wildman–Crippen MR) is 98.0 cm³/mol. The fourth-order valence-corrected chi connectivity index (χ4v) is 5.24. The van der Waals surface area contributed by atoms with Gasteiger partial charge in [0.1, 0.15) is 0 Å². The van der Waals surface area contributed by atoms with Gasteiger partial charge in [-0.25, -0.2) is 4.79 Å². The first kappa shape index (κ1) is 18.5. The van der Waals surface area contributed by atoms with Crippen LogP contribution < -0.4 is 0 Å². The molecular formula is C19H23Cl2NO3. The topological polar surface area (TPSA) is 46.6 Å². The second kappa shape index (κ2) is 6.48. The average molecular weight is 384 g/mol. The van der Waals surface area contributed by atoms with Gasteiger partial charge in [0.2, 0.25) is 0 Å². The zero-order valence-electron chi connectivity index (χ0n) is 14.8. The van der Waals surface area contributed by atoms with Gasteiger partial charge in [-0.3, -0.25) is 4.79 Å². The van der Waals surface area contributed by atoms with Gasteiger partial charge in [-0.1, -0.05) is 44.0 Å². The lowest BCUT2D eigenvalue weighted by Gasteiger charge is -2.39. The van der Waals surface area contributed by atoms with Gasteiger partial charge in [0, 0.05) is 22.6 Å². The standard InChI is InChI=1S/C19H23Cl2NO3/c1-18(2)7-15-8-19(3,10-18)11-22(15)16(23)9-25-17(24)12-4-13(20)6-14(21)5-12/h4-6,15H,7-11H2,1-3H3/t15-,19-/m0/s1. The van der Waals surface area contributed by atoms with Crippen LogP contribution in [0.2, 0.25) is 10.0 Å². The van der Waals surface area contributed by atoms with Crippen molar-refractivity contribution in [2.24, 2.45) is 10.8 Å². The largest absolute Gasteiger partial charge is 0.452 e. The molecule has 6 heteroatoms. The Hall–Kier alpha value is -1.26. The SMILES string of the molecule is CC1(C)C[C@H]2C[C@](C)(CN2C(=O)COC(=O)c2cc(Cl)cc(Cl)c2)C1. The van der Waals surface area contributed by atoms with Gasteiger partial charge < -0.3 is 9.64 Å². The van der Waals surface area contributed by atoms with Crippen LogP contribution in [-0.2, 0) is 9.53 Å². The molecule has 2 aliphatic rings. The smallest absolute Gasteiger partial charge is 0.338 e. The Morgan fingerprint density at radius 1 is 1.16 bits per heavy atom. The summed E-state index contributed by atoms with van der Waals surface area (Å²) < 4.78 is 5.20. The van der Waals surface area contributed by atoms with Crippen molar-refractivity contribution in [3.05, 3.63) is 33.8 Å². The lowest BCUT2D eigenvalue weighted by molar-refractivity contribution is -0.135. The molecule has 2 atom stereocenters. The van der Waals surface area contributed by atoms with E-state index in [9.17, 15) is 9.59 Å². The zero-order chi connectivity index (χ0) is 18.4. The summed E-state index contributed by atoms with van der Waals surface area (Å²) in [6, 6.07) is 4.73. The Bertz CT molecular complexity index is 698. The van der Waals surface area contributed by atoms with Crippen molar-refractivity contribution < 1.29 is 14.3 Å². The molecule has 0 aromatic heterocycles. The van der Waals surface area contributed by atoms with Crippen LogP contribution in [-0.4, -0.2) is 36.0 Å². The van der Waals surface area contributed by atoms with Crippen LogP contribution in [0.4, 0.5) is 0 Å². The van der Waals surface area contributed by atoms with Gasteiger partial charge in [-0.05, 0) is 48.3 Å². The van der Waals surface area contributed by atoms with Crippen molar-refractivity contribution in [3.63, 3.8) is 0 Å². The van der Waals surface area contributed by atoms with E-state index in [0.29, 0.717) is 10.0 Å². The molecule has 1 aromatic rings. The fraction of sp³-hybridized carbons (Fsp3) is 0.579. The van der Waals surface area contributed by atoms with Gasteiger partial charge in [0.25, 0.3) is 5.91 Å². The third kappa shape index (κ3) is 4.12. The van der Waals surface area contributed by atoms with Crippen molar-refractivity contribution >= 4 is 35.1 Å². The molecule has 25 heavy (non-hydrogen) atoms. The summed E-state index contributed by atoms with van der Waals surface area (Å²) in [5.41, 5.74) is 0.645. The van der Waals surface area contributed by atoms with Crippen molar-refractivity contribution in [1.29, 1.82) is 0 Å². The van der Waals surface area contributed by atoms with Gasteiger partial charge >= 0.3 is 5.97 Å². The lowest BCUT2D eigenvalue weighted by atomic mass is 9.65. The number of fused-ring (bicyclic) bond motifs is 2. The molecule has 3 rings (SSSR count). The van der Waals surface area contributed by atoms with Crippen LogP contribution in [0.25, 0.3) is 0 Å². The Labute approximate surface area is 158 Å². The third-order valence-electron chi connectivity index (χ3n) is 5.16. The molecular weight excluding hydrogens is 361 g/mol. The summed E-state index contributed by atoms with van der Waals surface area (Å²) >= 11 is 11.8. The molecule has 0 N–H and O–H groups in total. The van der Waals surface area contributed by atoms with Crippen LogP contribution in [0, 0.1) is 10.8 Å². The van der Waals surface area contributed by atoms with E-state index in [1.54, 1.807) is 0 Å². The minimum atomic E-state index is -0.591. The Morgan fingerprint density at radius 3 is 2.44 bits per heavy atom. The van der Waals surface area contributed by atoms with E-state index in [4.69, 9.17) is 27.9 Å². The molecule has 1 heterocycles. The molecule has 0 unspecified atom stereocenters. The van der Waals surface area contributed by atoms with E-state index in [1.807, 2.05) is 4.90 Å². The highest BCUT2D eigenvalue weighted by molar-refractivity contribution is 6.35. The summed E-state index contributed by atoms with van der Waals surface area (Å²) in [6.07, 6.45) is 3.13. The number of ether oxygens (including phenoxy) is 1. The number of nitrogens with zero attached hydrogens (tertiary/aromatic N) is 1. The molecule has 1 aromatic carbocycles. The maximum atomic E-state index is 12.6. The normalized spacial score (nSPS) is 27.2. The summed E-state index contributed by atoms with van der Waals surface area (Å²) in [5.74, 6) is -0.723. The molecule has 0 spiro atoms. The molecule has 1 aliphatic heterocycles. The van der Waals surface area contributed by atoms with E-state index in [0.717, 1.165) is 25.8 Å². The number of halogens is 2. The molecule has 1 saturated carbocycles. The van der Waals surface area contributed by atoms with Crippen molar-refractivity contribution in [2.75, 3.05) is 13.2 Å². The van der Waals surface area contributed by atoms with Crippen LogP contribution in [0.5, 0.6) is 0 Å². The monoisotopic (exact) mass is 383 g/mol. The average Bonchev–Trinajstić information content (AvgIpc) is 2.72. The molecule has 1 amide bonds. The quantitative estimate of drug-likeness (QED) is 0.717. The highest BCUT2D eigenvalue weighted by Gasteiger charge is 2.50. The van der Waals surface area contributed by atoms with E-state index < -0.39 is 5.97 Å². The minimum Gasteiger partial charge on any atom is -0.452 e. The Morgan fingerprint density at radius 2 is 1.80 bits per heavy atom. The first-order chi connectivity index (χ1) is 11.6. The number of amides is 1. The molecule has 4 nitrogen and oxygen atoms in total. The van der Waals surface area contributed by atoms with Crippen LogP contribution in [0.15, 0.2) is 18.2 Å². The number of rotatable bonds is 3. The first-order valence-corrected chi connectivity index (χ1v) is 9.25. The molecule has 0 radical (unpaired) electrons. The lowest BCUT2D eigenvalue weighted by Crippen LogP contribution is -2.39. The number of carbonyl (C=O) groups is 2. The maximum absolute atomic E-state index is 12.6. The zero-order valence-corrected chi connectivity index (χ0v) is 16.3. The highest BCUT2D eigenvalue weighted by Crippen LogP contribution is 2.52. The van der Waals surface area contributed by atoms with E-state index >= 15 is 0 Å². The predicted octanol–water partition coefficient (Wildman–Crippen LogP) is 4.58. The minimum absolute atomic E-state index is 0.132. The van der Waals surface area contributed by atoms with E-state index in [2.05, 4.69) is 20.8 Å². The number of hydrogen-bond donors (Lipinski definition) is 0. The van der Waals surface area contributed by atoms with Gasteiger partial charge in [-0.15, -0.1) is 0 Å². The van der Waals surface area contributed by atoms with E-state index in [-0.39, 0.29) is 34.9 Å². The number of esters is 1. The second-order valence-electron chi connectivity index (χ2n) is 8.47. The second-order valence-corrected chi connectivity index (χ2v) is 9.34. The highest BCUT2D eigenvalue weighted by atomic mass is 35.5. The molecule has 136 valence electrons. The number of likely N-dealkylation sites (tertiary alicyclic amines) is 1. The Balaban J connectivity index is 1.62. The molecule has 1 aliphatic carbocycles. The van der Waals surface area contributed by atoms with Crippen molar-refractivity contribution in [3.8, 4) is 0 Å². The molecule has 2 fully saturated rings.